The maximum atomic E-state index is 5.99. The van der Waals surface area contributed by atoms with Crippen molar-refractivity contribution < 1.29 is 9.47 Å². The number of benzene rings is 1. The Bertz CT molecular complexity index is 706. The summed E-state index contributed by atoms with van der Waals surface area (Å²) < 4.78 is 11.9. The van der Waals surface area contributed by atoms with Gasteiger partial charge >= 0.3 is 0 Å². The molecule has 3 saturated heterocycles. The van der Waals surface area contributed by atoms with Crippen molar-refractivity contribution in [2.24, 2.45) is 4.99 Å². The van der Waals surface area contributed by atoms with Gasteiger partial charge in [0.25, 0.3) is 0 Å². The van der Waals surface area contributed by atoms with Crippen LogP contribution in [0, 0.1) is 0 Å². The summed E-state index contributed by atoms with van der Waals surface area (Å²) in [5.74, 6) is 0.900. The highest BCUT2D eigenvalue weighted by Gasteiger charge is 2.41. The molecular formula is C23H37IN4O2. The Kier molecular flexibility index (Phi) is 8.80. The highest BCUT2D eigenvalue weighted by Crippen LogP contribution is 2.34. The number of nitrogens with zero attached hydrogens (tertiary/aromatic N) is 2. The van der Waals surface area contributed by atoms with Crippen molar-refractivity contribution in [1.29, 1.82) is 0 Å². The minimum absolute atomic E-state index is 0. The highest BCUT2D eigenvalue weighted by atomic mass is 127. The van der Waals surface area contributed by atoms with Crippen molar-refractivity contribution in [3.63, 3.8) is 0 Å². The Morgan fingerprint density at radius 3 is 2.47 bits per heavy atom. The summed E-state index contributed by atoms with van der Waals surface area (Å²) in [5, 5.41) is 7.03. The lowest BCUT2D eigenvalue weighted by atomic mass is 9.96. The third-order valence-electron chi connectivity index (χ3n) is 6.19. The van der Waals surface area contributed by atoms with Crippen LogP contribution in [0.3, 0.4) is 0 Å². The number of guanidine groups is 1. The average molecular weight is 528 g/mol. The van der Waals surface area contributed by atoms with Gasteiger partial charge in [0, 0.05) is 26.2 Å². The lowest BCUT2D eigenvalue weighted by Gasteiger charge is -2.35. The lowest BCUT2D eigenvalue weighted by molar-refractivity contribution is -0.0705. The molecule has 6 nitrogen and oxygen atoms in total. The fourth-order valence-electron chi connectivity index (χ4n) is 4.97. The van der Waals surface area contributed by atoms with Gasteiger partial charge in [-0.25, -0.2) is 4.99 Å². The van der Waals surface area contributed by atoms with Gasteiger partial charge in [-0.1, -0.05) is 24.3 Å². The predicted molar refractivity (Wildman–Crippen MR) is 131 cm³/mol. The van der Waals surface area contributed by atoms with Crippen molar-refractivity contribution in [3.05, 3.63) is 35.4 Å². The first-order valence-corrected chi connectivity index (χ1v) is 11.3. The molecule has 0 amide bonds. The molecular weight excluding hydrogens is 491 g/mol. The number of aliphatic imine (C=N–C) groups is 1. The van der Waals surface area contributed by atoms with E-state index in [1.165, 1.54) is 24.0 Å². The zero-order valence-electron chi connectivity index (χ0n) is 18.5. The topological polar surface area (TPSA) is 58.1 Å². The molecule has 0 aliphatic carbocycles. The van der Waals surface area contributed by atoms with Crippen molar-refractivity contribution in [3.8, 4) is 0 Å². The van der Waals surface area contributed by atoms with Gasteiger partial charge in [-0.15, -0.1) is 24.0 Å². The van der Waals surface area contributed by atoms with E-state index >= 15 is 0 Å². The quantitative estimate of drug-likeness (QED) is 0.337. The highest BCUT2D eigenvalue weighted by molar-refractivity contribution is 14.0. The Morgan fingerprint density at radius 2 is 1.83 bits per heavy atom. The van der Waals surface area contributed by atoms with Crippen LogP contribution in [0.2, 0.25) is 0 Å². The summed E-state index contributed by atoms with van der Waals surface area (Å²) in [6.45, 7) is 10.9. The second-order valence-electron chi connectivity index (χ2n) is 8.78. The summed E-state index contributed by atoms with van der Waals surface area (Å²) in [7, 11) is 0. The Labute approximate surface area is 198 Å². The fraction of sp³-hybridized carbons (Fsp3) is 0.696. The van der Waals surface area contributed by atoms with Gasteiger partial charge in [0.15, 0.2) is 5.96 Å². The number of ether oxygens (including phenoxy) is 2. The molecule has 168 valence electrons. The molecule has 5 unspecified atom stereocenters. The molecule has 7 heteroatoms. The van der Waals surface area contributed by atoms with Crippen LogP contribution >= 0.6 is 24.0 Å². The van der Waals surface area contributed by atoms with Gasteiger partial charge in [0.2, 0.25) is 0 Å². The van der Waals surface area contributed by atoms with Crippen molar-refractivity contribution in [2.75, 3.05) is 19.6 Å². The van der Waals surface area contributed by atoms with Gasteiger partial charge in [-0.05, 0) is 51.2 Å². The summed E-state index contributed by atoms with van der Waals surface area (Å²) in [6, 6.07) is 9.07. The largest absolute Gasteiger partial charge is 0.373 e. The van der Waals surface area contributed by atoms with Crippen LogP contribution in [0.4, 0.5) is 0 Å². The second kappa shape index (κ2) is 11.1. The molecule has 5 atom stereocenters. The zero-order valence-corrected chi connectivity index (χ0v) is 20.8. The molecule has 4 rings (SSSR count). The normalized spacial score (nSPS) is 31.4. The number of rotatable bonds is 6. The molecule has 30 heavy (non-hydrogen) atoms. The van der Waals surface area contributed by atoms with Gasteiger partial charge < -0.3 is 20.1 Å². The van der Waals surface area contributed by atoms with Gasteiger partial charge in [-0.2, -0.15) is 0 Å². The summed E-state index contributed by atoms with van der Waals surface area (Å²) in [4.78, 5) is 7.41. The van der Waals surface area contributed by atoms with E-state index in [-0.39, 0.29) is 36.2 Å². The molecule has 3 aliphatic heterocycles. The van der Waals surface area contributed by atoms with Crippen molar-refractivity contribution in [1.82, 2.24) is 15.5 Å². The number of fused-ring (bicyclic) bond motifs is 2. The van der Waals surface area contributed by atoms with Gasteiger partial charge in [0.1, 0.15) is 0 Å². The first kappa shape index (κ1) is 23.8. The van der Waals surface area contributed by atoms with Crippen LogP contribution in [0.5, 0.6) is 0 Å². The van der Waals surface area contributed by atoms with Gasteiger partial charge in [0.05, 0.1) is 37.0 Å². The average Bonchev–Trinajstić information content (AvgIpc) is 3.30. The first-order valence-electron chi connectivity index (χ1n) is 11.3. The monoisotopic (exact) mass is 528 g/mol. The molecule has 0 radical (unpaired) electrons. The molecule has 3 fully saturated rings. The van der Waals surface area contributed by atoms with E-state index in [9.17, 15) is 0 Å². The lowest BCUT2D eigenvalue weighted by Crippen LogP contribution is -2.47. The standard InChI is InChI=1S/C23H36N4O2.HI/c1-4-24-23(26-21-11-20-9-10-22(21)29-20)25-12-18-7-5-6-8-19(18)15-27-13-16(2)28-17(3)14-27;/h5-8,16-17,20-22H,4,9-15H2,1-3H3,(H2,24,25,26);1H. The molecule has 3 aliphatic rings. The van der Waals surface area contributed by atoms with Crippen LogP contribution < -0.4 is 10.6 Å². The maximum Gasteiger partial charge on any atom is 0.191 e. The summed E-state index contributed by atoms with van der Waals surface area (Å²) in [6.07, 6.45) is 4.85. The molecule has 1 aromatic rings. The molecule has 2 N–H and O–H groups in total. The molecule has 0 aromatic heterocycles. The first-order chi connectivity index (χ1) is 14.1. The van der Waals surface area contributed by atoms with Gasteiger partial charge in [-0.3, -0.25) is 4.90 Å². The van der Waals surface area contributed by atoms with E-state index in [0.29, 0.717) is 24.8 Å². The van der Waals surface area contributed by atoms with E-state index in [2.05, 4.69) is 60.6 Å². The molecule has 3 heterocycles. The van der Waals surface area contributed by atoms with Crippen molar-refractivity contribution in [2.45, 2.75) is 83.6 Å². The van der Waals surface area contributed by atoms with Crippen LogP contribution in [0.25, 0.3) is 0 Å². The number of nitrogens with one attached hydrogen (secondary N) is 2. The Morgan fingerprint density at radius 1 is 1.10 bits per heavy atom. The minimum atomic E-state index is 0. The molecule has 2 bridgehead atoms. The third kappa shape index (κ3) is 6.08. The third-order valence-corrected chi connectivity index (χ3v) is 6.19. The fourth-order valence-corrected chi connectivity index (χ4v) is 4.97. The predicted octanol–water partition coefficient (Wildman–Crippen LogP) is 3.29. The minimum Gasteiger partial charge on any atom is -0.373 e. The number of hydrogen-bond donors (Lipinski definition) is 2. The Balaban J connectivity index is 0.00000256. The van der Waals surface area contributed by atoms with Crippen LogP contribution in [-0.2, 0) is 22.6 Å². The summed E-state index contributed by atoms with van der Waals surface area (Å²) >= 11 is 0. The number of halogens is 1. The Hall–Kier alpha value is -0.900. The zero-order chi connectivity index (χ0) is 20.2. The van der Waals surface area contributed by atoms with E-state index < -0.39 is 0 Å². The SMILES string of the molecule is CCNC(=NCc1ccccc1CN1CC(C)OC(C)C1)NC1CC2CCC1O2.I. The van der Waals surface area contributed by atoms with E-state index in [0.717, 1.165) is 38.6 Å². The maximum absolute atomic E-state index is 5.99. The molecule has 0 spiro atoms. The van der Waals surface area contributed by atoms with E-state index in [4.69, 9.17) is 14.5 Å². The molecule has 1 aromatic carbocycles. The number of morpholine rings is 1. The summed E-state index contributed by atoms with van der Waals surface area (Å²) in [5.41, 5.74) is 2.65. The van der Waals surface area contributed by atoms with E-state index in [1.54, 1.807) is 0 Å². The van der Waals surface area contributed by atoms with Crippen molar-refractivity contribution >= 4 is 29.9 Å². The smallest absolute Gasteiger partial charge is 0.191 e. The number of hydrogen-bond acceptors (Lipinski definition) is 4. The van der Waals surface area contributed by atoms with Crippen LogP contribution in [-0.4, -0.2) is 61.0 Å². The van der Waals surface area contributed by atoms with Crippen LogP contribution in [0.1, 0.15) is 51.2 Å². The van der Waals surface area contributed by atoms with E-state index in [1.807, 2.05) is 0 Å². The molecule has 0 saturated carbocycles. The van der Waals surface area contributed by atoms with Crippen LogP contribution in [0.15, 0.2) is 29.3 Å². The second-order valence-corrected chi connectivity index (χ2v) is 8.78.